The number of amides is 1. The molecule has 0 spiro atoms. The van der Waals surface area contributed by atoms with E-state index in [2.05, 4.69) is 12.2 Å². The average molecular weight is 354 g/mol. The van der Waals surface area contributed by atoms with E-state index in [-0.39, 0.29) is 18.3 Å². The normalized spacial score (nSPS) is 19.6. The van der Waals surface area contributed by atoms with E-state index in [1.54, 1.807) is 25.1 Å². The first kappa shape index (κ1) is 18.4. The molecule has 0 bridgehead atoms. The number of nitrogens with one attached hydrogen (secondary N) is 1. The largest absolute Gasteiger partial charge is 0.479 e. The van der Waals surface area contributed by atoms with Crippen molar-refractivity contribution in [2.75, 3.05) is 19.6 Å². The molecule has 7 heteroatoms. The summed E-state index contributed by atoms with van der Waals surface area (Å²) in [7, 11) is 0. The lowest BCUT2D eigenvalue weighted by molar-refractivity contribution is -0.139. The highest BCUT2D eigenvalue weighted by Crippen LogP contribution is 2.28. The number of halogens is 3. The summed E-state index contributed by atoms with van der Waals surface area (Å²) in [6.45, 7) is 5.99. The maximum Gasteiger partial charge on any atom is 0.263 e. The fourth-order valence-electron chi connectivity index (χ4n) is 2.20. The summed E-state index contributed by atoms with van der Waals surface area (Å²) < 4.78 is 5.65. The number of benzene rings is 1. The molecule has 1 aliphatic heterocycles. The van der Waals surface area contributed by atoms with Crippen LogP contribution in [0.25, 0.3) is 0 Å². The van der Waals surface area contributed by atoms with Crippen molar-refractivity contribution in [3.8, 4) is 5.75 Å². The molecule has 0 saturated carbocycles. The van der Waals surface area contributed by atoms with E-state index in [0.29, 0.717) is 34.9 Å². The van der Waals surface area contributed by atoms with Crippen LogP contribution < -0.4 is 10.1 Å². The van der Waals surface area contributed by atoms with Crippen LogP contribution in [-0.4, -0.2) is 42.6 Å². The Labute approximate surface area is 141 Å². The van der Waals surface area contributed by atoms with E-state index >= 15 is 0 Å². The highest BCUT2D eigenvalue weighted by atomic mass is 35.5. The summed E-state index contributed by atoms with van der Waals surface area (Å²) in [4.78, 5) is 14.1. The molecule has 0 aliphatic carbocycles. The van der Waals surface area contributed by atoms with Crippen molar-refractivity contribution in [1.82, 2.24) is 10.2 Å². The zero-order valence-electron chi connectivity index (χ0n) is 11.9. The quantitative estimate of drug-likeness (QED) is 0.908. The number of carbonyl (C=O) groups is 1. The SMILES string of the molecule is CC1CN(C(=O)C(C)Oc2ccc(Cl)cc2Cl)CCN1.Cl. The summed E-state index contributed by atoms with van der Waals surface area (Å²) in [5.74, 6) is 0.449. The Hall–Kier alpha value is -0.680. The molecule has 1 N–H and O–H groups in total. The summed E-state index contributed by atoms with van der Waals surface area (Å²) in [5, 5.41) is 4.25. The van der Waals surface area contributed by atoms with Gasteiger partial charge in [-0.25, -0.2) is 0 Å². The molecule has 0 radical (unpaired) electrons. The van der Waals surface area contributed by atoms with Gasteiger partial charge in [-0.05, 0) is 32.0 Å². The first-order valence-electron chi connectivity index (χ1n) is 6.61. The Morgan fingerprint density at radius 1 is 1.48 bits per heavy atom. The number of nitrogens with zero attached hydrogens (tertiary/aromatic N) is 1. The summed E-state index contributed by atoms with van der Waals surface area (Å²) in [5.41, 5.74) is 0. The monoisotopic (exact) mass is 352 g/mol. The molecule has 21 heavy (non-hydrogen) atoms. The van der Waals surface area contributed by atoms with Gasteiger partial charge >= 0.3 is 0 Å². The maximum atomic E-state index is 12.3. The van der Waals surface area contributed by atoms with E-state index in [0.717, 1.165) is 6.54 Å². The van der Waals surface area contributed by atoms with Crippen LogP contribution in [0.2, 0.25) is 10.0 Å². The van der Waals surface area contributed by atoms with Crippen LogP contribution in [-0.2, 0) is 4.79 Å². The van der Waals surface area contributed by atoms with E-state index in [4.69, 9.17) is 27.9 Å². The molecular formula is C14H19Cl3N2O2. The Kier molecular flexibility index (Phi) is 7.07. The second-order valence-electron chi connectivity index (χ2n) is 4.97. The zero-order chi connectivity index (χ0) is 14.7. The summed E-state index contributed by atoms with van der Waals surface area (Å²) in [6.07, 6.45) is -0.570. The van der Waals surface area contributed by atoms with Gasteiger partial charge in [0.05, 0.1) is 5.02 Å². The van der Waals surface area contributed by atoms with Crippen molar-refractivity contribution < 1.29 is 9.53 Å². The number of rotatable bonds is 3. The van der Waals surface area contributed by atoms with Crippen molar-refractivity contribution in [1.29, 1.82) is 0 Å². The van der Waals surface area contributed by atoms with Gasteiger partial charge in [-0.1, -0.05) is 23.2 Å². The Morgan fingerprint density at radius 3 is 2.81 bits per heavy atom. The fourth-order valence-corrected chi connectivity index (χ4v) is 2.65. The van der Waals surface area contributed by atoms with Gasteiger partial charge in [-0.2, -0.15) is 0 Å². The predicted octanol–water partition coefficient (Wildman–Crippen LogP) is 3.00. The topological polar surface area (TPSA) is 41.6 Å². The maximum absolute atomic E-state index is 12.3. The minimum Gasteiger partial charge on any atom is -0.479 e. The van der Waals surface area contributed by atoms with Crippen LogP contribution in [0.4, 0.5) is 0 Å². The first-order valence-corrected chi connectivity index (χ1v) is 7.37. The van der Waals surface area contributed by atoms with Gasteiger partial charge in [0.25, 0.3) is 5.91 Å². The fraction of sp³-hybridized carbons (Fsp3) is 0.500. The molecule has 1 aromatic rings. The molecule has 2 atom stereocenters. The minimum atomic E-state index is -0.570. The van der Waals surface area contributed by atoms with Crippen LogP contribution >= 0.6 is 35.6 Å². The molecule has 4 nitrogen and oxygen atoms in total. The lowest BCUT2D eigenvalue weighted by atomic mass is 10.2. The second-order valence-corrected chi connectivity index (χ2v) is 5.82. The number of piperazine rings is 1. The van der Waals surface area contributed by atoms with E-state index in [1.165, 1.54) is 0 Å². The first-order chi connectivity index (χ1) is 9.47. The van der Waals surface area contributed by atoms with Crippen LogP contribution in [0, 0.1) is 0 Å². The number of carbonyl (C=O) groups excluding carboxylic acids is 1. The average Bonchev–Trinajstić information content (AvgIpc) is 2.41. The van der Waals surface area contributed by atoms with Crippen molar-refractivity contribution in [3.63, 3.8) is 0 Å². The molecule has 1 heterocycles. The van der Waals surface area contributed by atoms with Gasteiger partial charge < -0.3 is 15.0 Å². The van der Waals surface area contributed by atoms with Gasteiger partial charge in [-0.3, -0.25) is 4.79 Å². The molecule has 1 aromatic carbocycles. The molecule has 1 fully saturated rings. The summed E-state index contributed by atoms with van der Waals surface area (Å²) in [6, 6.07) is 5.27. The number of hydrogen-bond acceptors (Lipinski definition) is 3. The van der Waals surface area contributed by atoms with E-state index in [1.807, 2.05) is 4.90 Å². The number of ether oxygens (including phenoxy) is 1. The molecule has 1 aliphatic rings. The summed E-state index contributed by atoms with van der Waals surface area (Å²) >= 11 is 11.9. The van der Waals surface area contributed by atoms with Gasteiger partial charge in [0, 0.05) is 30.7 Å². The second kappa shape index (κ2) is 8.08. The van der Waals surface area contributed by atoms with Gasteiger partial charge in [0.1, 0.15) is 5.75 Å². The third kappa shape index (κ3) is 4.92. The van der Waals surface area contributed by atoms with E-state index in [9.17, 15) is 4.79 Å². The van der Waals surface area contributed by atoms with E-state index < -0.39 is 6.10 Å². The van der Waals surface area contributed by atoms with Gasteiger partial charge in [-0.15, -0.1) is 12.4 Å². The third-order valence-corrected chi connectivity index (χ3v) is 3.76. The smallest absolute Gasteiger partial charge is 0.263 e. The Balaban J connectivity index is 0.00000220. The van der Waals surface area contributed by atoms with Gasteiger partial charge in [0.2, 0.25) is 0 Å². The highest BCUT2D eigenvalue weighted by Gasteiger charge is 2.26. The van der Waals surface area contributed by atoms with Crippen molar-refractivity contribution >= 4 is 41.5 Å². The van der Waals surface area contributed by atoms with Crippen molar-refractivity contribution in [2.45, 2.75) is 26.0 Å². The van der Waals surface area contributed by atoms with Crippen molar-refractivity contribution in [3.05, 3.63) is 28.2 Å². The van der Waals surface area contributed by atoms with Crippen LogP contribution in [0.3, 0.4) is 0 Å². The molecular weight excluding hydrogens is 335 g/mol. The highest BCUT2D eigenvalue weighted by molar-refractivity contribution is 6.35. The minimum absolute atomic E-state index is 0. The van der Waals surface area contributed by atoms with Gasteiger partial charge in [0.15, 0.2) is 6.10 Å². The van der Waals surface area contributed by atoms with Crippen LogP contribution in [0.15, 0.2) is 18.2 Å². The lowest BCUT2D eigenvalue weighted by Gasteiger charge is -2.33. The lowest BCUT2D eigenvalue weighted by Crippen LogP contribution is -2.54. The van der Waals surface area contributed by atoms with Crippen molar-refractivity contribution in [2.24, 2.45) is 0 Å². The molecule has 118 valence electrons. The van der Waals surface area contributed by atoms with Crippen LogP contribution in [0.5, 0.6) is 5.75 Å². The van der Waals surface area contributed by atoms with Crippen LogP contribution in [0.1, 0.15) is 13.8 Å². The Bertz CT molecular complexity index is 499. The molecule has 2 unspecified atom stereocenters. The molecule has 0 aromatic heterocycles. The predicted molar refractivity (Wildman–Crippen MR) is 87.8 cm³/mol. The molecule has 1 saturated heterocycles. The molecule has 1 amide bonds. The molecule has 2 rings (SSSR count). The standard InChI is InChI=1S/C14H18Cl2N2O2.ClH/c1-9-8-18(6-5-17-9)14(19)10(2)20-13-4-3-11(15)7-12(13)16;/h3-4,7,9-10,17H,5-6,8H2,1-2H3;1H. The third-order valence-electron chi connectivity index (χ3n) is 3.23. The number of hydrogen-bond donors (Lipinski definition) is 1. The Morgan fingerprint density at radius 2 is 2.19 bits per heavy atom. The zero-order valence-corrected chi connectivity index (χ0v) is 14.3.